The molecule has 0 spiro atoms. The van der Waals surface area contributed by atoms with Crippen LogP contribution in [0.2, 0.25) is 0 Å². The second-order valence-electron chi connectivity index (χ2n) is 5.28. The molecule has 1 atom stereocenters. The lowest BCUT2D eigenvalue weighted by Gasteiger charge is -2.21. The summed E-state index contributed by atoms with van der Waals surface area (Å²) in [7, 11) is 3.38. The van der Waals surface area contributed by atoms with E-state index < -0.39 is 23.7 Å². The van der Waals surface area contributed by atoms with Crippen LogP contribution in [0.5, 0.6) is 0 Å². The smallest absolute Gasteiger partial charge is 0.376 e. The molecule has 0 aliphatic carbocycles. The number of alkyl halides is 3. The van der Waals surface area contributed by atoms with Crippen molar-refractivity contribution in [3.05, 3.63) is 42.2 Å². The average Bonchev–Trinajstić information content (AvgIpc) is 2.99. The van der Waals surface area contributed by atoms with E-state index in [0.717, 1.165) is 12.1 Å². The predicted octanol–water partition coefficient (Wildman–Crippen LogP) is 3.17. The van der Waals surface area contributed by atoms with Gasteiger partial charge in [0.05, 0.1) is 16.9 Å². The minimum Gasteiger partial charge on any atom is -0.376 e. The molecule has 23 heavy (non-hydrogen) atoms. The number of amides is 1. The van der Waals surface area contributed by atoms with Crippen molar-refractivity contribution in [1.82, 2.24) is 9.78 Å². The van der Waals surface area contributed by atoms with Crippen molar-refractivity contribution in [2.24, 2.45) is 0 Å². The predicted molar refractivity (Wildman–Crippen MR) is 81.3 cm³/mol. The normalized spacial score (nSPS) is 12.8. The Bertz CT molecular complexity index is 681. The maximum atomic E-state index is 12.9. The minimum absolute atomic E-state index is 0.105. The van der Waals surface area contributed by atoms with Crippen LogP contribution in [-0.4, -0.2) is 29.8 Å². The van der Waals surface area contributed by atoms with Gasteiger partial charge in [0.25, 0.3) is 0 Å². The first kappa shape index (κ1) is 16.9. The molecule has 2 rings (SSSR count). The fourth-order valence-electron chi connectivity index (χ4n) is 2.07. The Balaban J connectivity index is 2.31. The zero-order chi connectivity index (χ0) is 17.2. The lowest BCUT2D eigenvalue weighted by molar-refractivity contribution is -0.137. The third-order valence-corrected chi connectivity index (χ3v) is 3.36. The Morgan fingerprint density at radius 3 is 2.57 bits per heavy atom. The van der Waals surface area contributed by atoms with Crippen molar-refractivity contribution in [3.8, 4) is 0 Å². The van der Waals surface area contributed by atoms with Crippen LogP contribution in [0.3, 0.4) is 0 Å². The van der Waals surface area contributed by atoms with Crippen LogP contribution in [0.15, 0.2) is 36.7 Å². The summed E-state index contributed by atoms with van der Waals surface area (Å²) >= 11 is 0. The molecule has 0 aliphatic rings. The third-order valence-electron chi connectivity index (χ3n) is 3.36. The zero-order valence-electron chi connectivity index (χ0n) is 12.9. The highest BCUT2D eigenvalue weighted by Crippen LogP contribution is 2.35. The summed E-state index contributed by atoms with van der Waals surface area (Å²) in [5.74, 6) is -0.448. The van der Waals surface area contributed by atoms with Crippen LogP contribution >= 0.6 is 0 Å². The van der Waals surface area contributed by atoms with E-state index in [-0.39, 0.29) is 5.69 Å². The Labute approximate surface area is 131 Å². The van der Waals surface area contributed by atoms with Crippen LogP contribution in [-0.2, 0) is 11.0 Å². The van der Waals surface area contributed by atoms with Gasteiger partial charge in [-0.3, -0.25) is 9.48 Å². The Morgan fingerprint density at radius 1 is 1.35 bits per heavy atom. The van der Waals surface area contributed by atoms with Gasteiger partial charge in [-0.1, -0.05) is 0 Å². The van der Waals surface area contributed by atoms with Gasteiger partial charge in [-0.05, 0) is 31.2 Å². The van der Waals surface area contributed by atoms with Gasteiger partial charge in [-0.2, -0.15) is 18.3 Å². The second kappa shape index (κ2) is 6.31. The first-order valence-electron chi connectivity index (χ1n) is 6.88. The Morgan fingerprint density at radius 2 is 2.04 bits per heavy atom. The van der Waals surface area contributed by atoms with Gasteiger partial charge in [0.15, 0.2) is 0 Å². The van der Waals surface area contributed by atoms with E-state index in [1.165, 1.54) is 16.9 Å². The first-order chi connectivity index (χ1) is 10.7. The topological polar surface area (TPSA) is 50.2 Å². The molecule has 1 heterocycles. The molecule has 0 saturated heterocycles. The van der Waals surface area contributed by atoms with Crippen molar-refractivity contribution in [2.45, 2.75) is 19.1 Å². The molecule has 8 heteroatoms. The molecule has 2 aromatic rings. The number of carbonyl (C=O) groups excluding carboxylic acids is 1. The van der Waals surface area contributed by atoms with Crippen molar-refractivity contribution < 1.29 is 18.0 Å². The summed E-state index contributed by atoms with van der Waals surface area (Å²) < 4.78 is 40.1. The summed E-state index contributed by atoms with van der Waals surface area (Å²) in [6, 6.07) is 4.27. The van der Waals surface area contributed by atoms with Crippen LogP contribution in [0.25, 0.3) is 0 Å². The lowest BCUT2D eigenvalue weighted by Crippen LogP contribution is -2.25. The number of nitrogens with one attached hydrogen (secondary N) is 1. The minimum atomic E-state index is -4.47. The monoisotopic (exact) mass is 326 g/mol. The Kier molecular flexibility index (Phi) is 4.63. The van der Waals surface area contributed by atoms with Gasteiger partial charge >= 0.3 is 6.18 Å². The van der Waals surface area contributed by atoms with E-state index in [9.17, 15) is 18.0 Å². The number of anilines is 2. The first-order valence-corrected chi connectivity index (χ1v) is 6.88. The van der Waals surface area contributed by atoms with E-state index in [4.69, 9.17) is 0 Å². The van der Waals surface area contributed by atoms with Crippen LogP contribution in [0.4, 0.5) is 24.5 Å². The van der Waals surface area contributed by atoms with Gasteiger partial charge in [0, 0.05) is 26.5 Å². The molecule has 1 amide bonds. The fraction of sp³-hybridized carbons (Fsp3) is 0.333. The number of hydrogen-bond acceptors (Lipinski definition) is 3. The number of rotatable bonds is 4. The largest absolute Gasteiger partial charge is 0.416 e. The summed E-state index contributed by atoms with van der Waals surface area (Å²) in [4.78, 5) is 13.9. The zero-order valence-corrected chi connectivity index (χ0v) is 12.9. The molecule has 0 radical (unpaired) electrons. The molecule has 1 aromatic carbocycles. The van der Waals surface area contributed by atoms with Crippen molar-refractivity contribution in [2.75, 3.05) is 24.3 Å². The van der Waals surface area contributed by atoms with Gasteiger partial charge in [0.1, 0.15) is 6.04 Å². The van der Waals surface area contributed by atoms with Crippen LogP contribution in [0, 0.1) is 0 Å². The number of aromatic nitrogens is 2. The number of nitrogens with zero attached hydrogens (tertiary/aromatic N) is 3. The van der Waals surface area contributed by atoms with Crippen molar-refractivity contribution in [1.29, 1.82) is 0 Å². The van der Waals surface area contributed by atoms with Crippen molar-refractivity contribution in [3.63, 3.8) is 0 Å². The lowest BCUT2D eigenvalue weighted by atomic mass is 10.1. The second-order valence-corrected chi connectivity index (χ2v) is 5.28. The molecule has 0 aliphatic heterocycles. The van der Waals surface area contributed by atoms with Gasteiger partial charge in [-0.25, -0.2) is 0 Å². The van der Waals surface area contributed by atoms with E-state index in [1.807, 2.05) is 0 Å². The van der Waals surface area contributed by atoms with Crippen LogP contribution < -0.4 is 10.2 Å². The standard InChI is InChI=1S/C15H17F3N4O/c1-10(22-8-4-7-19-22)14(23)20-12-9-11(15(16,17)18)5-6-13(12)21(2)3/h4-10H,1-3H3,(H,20,23). The third kappa shape index (κ3) is 3.82. The summed E-state index contributed by atoms with van der Waals surface area (Å²) in [5.41, 5.74) is -0.224. The van der Waals surface area contributed by atoms with Crippen molar-refractivity contribution >= 4 is 17.3 Å². The highest BCUT2D eigenvalue weighted by molar-refractivity contribution is 5.96. The maximum Gasteiger partial charge on any atom is 0.416 e. The number of halogens is 3. The molecule has 1 aromatic heterocycles. The maximum absolute atomic E-state index is 12.9. The number of hydrogen-bond donors (Lipinski definition) is 1. The van der Waals surface area contributed by atoms with Gasteiger partial charge in [0.2, 0.25) is 5.91 Å². The van der Waals surface area contributed by atoms with Gasteiger partial charge in [-0.15, -0.1) is 0 Å². The molecule has 5 nitrogen and oxygen atoms in total. The molecule has 0 bridgehead atoms. The van der Waals surface area contributed by atoms with E-state index in [1.54, 1.807) is 38.2 Å². The Hall–Kier alpha value is -2.51. The summed E-state index contributed by atoms with van der Waals surface area (Å²) in [6.07, 6.45) is -1.33. The molecular formula is C15H17F3N4O. The molecule has 1 unspecified atom stereocenters. The van der Waals surface area contributed by atoms with Gasteiger partial charge < -0.3 is 10.2 Å². The summed E-state index contributed by atoms with van der Waals surface area (Å²) in [5, 5.41) is 6.51. The SMILES string of the molecule is CC(C(=O)Nc1cc(C(F)(F)F)ccc1N(C)C)n1cccn1. The highest BCUT2D eigenvalue weighted by Gasteiger charge is 2.31. The number of carbonyl (C=O) groups is 1. The summed E-state index contributed by atoms with van der Waals surface area (Å²) in [6.45, 7) is 1.62. The number of benzene rings is 1. The van der Waals surface area contributed by atoms with E-state index >= 15 is 0 Å². The van der Waals surface area contributed by atoms with Crippen LogP contribution in [0.1, 0.15) is 18.5 Å². The molecule has 1 N–H and O–H groups in total. The van der Waals surface area contributed by atoms with E-state index in [0.29, 0.717) is 5.69 Å². The molecule has 0 saturated carbocycles. The molecule has 124 valence electrons. The van der Waals surface area contributed by atoms with E-state index in [2.05, 4.69) is 10.4 Å². The molecule has 0 fully saturated rings. The highest BCUT2D eigenvalue weighted by atomic mass is 19.4. The quantitative estimate of drug-likeness (QED) is 0.939. The average molecular weight is 326 g/mol. The fourth-order valence-corrected chi connectivity index (χ4v) is 2.07. The molecular weight excluding hydrogens is 309 g/mol.